The van der Waals surface area contributed by atoms with E-state index in [9.17, 15) is 4.79 Å². The zero-order chi connectivity index (χ0) is 20.2. The minimum absolute atomic E-state index is 0.212. The van der Waals surface area contributed by atoms with Gasteiger partial charge in [0.2, 0.25) is 0 Å². The van der Waals surface area contributed by atoms with Crippen LogP contribution in [0.15, 0.2) is 16.3 Å². The van der Waals surface area contributed by atoms with Crippen LogP contribution in [0.4, 0.5) is 0 Å². The van der Waals surface area contributed by atoms with Crippen molar-refractivity contribution < 1.29 is 4.79 Å². The summed E-state index contributed by atoms with van der Waals surface area (Å²) < 4.78 is 0. The molecule has 0 radical (unpaired) electrons. The summed E-state index contributed by atoms with van der Waals surface area (Å²) in [5, 5.41) is 0. The van der Waals surface area contributed by atoms with Crippen LogP contribution in [0.2, 0.25) is 0 Å². The second kappa shape index (κ2) is 9.63. The molecular formula is C24H40N4O. The van der Waals surface area contributed by atoms with E-state index in [4.69, 9.17) is 16.5 Å². The molecule has 1 heterocycles. The maximum absolute atomic E-state index is 11.9. The first kappa shape index (κ1) is 20.9. The highest BCUT2D eigenvalue weighted by Crippen LogP contribution is 2.39. The Morgan fingerprint density at radius 3 is 2.41 bits per heavy atom. The van der Waals surface area contributed by atoms with Crippen molar-refractivity contribution in [2.24, 2.45) is 34.2 Å². The molecule has 4 aliphatic rings. The highest BCUT2D eigenvalue weighted by Gasteiger charge is 2.34. The highest BCUT2D eigenvalue weighted by molar-refractivity contribution is 6.13. The number of amidine groups is 1. The molecule has 4 rings (SSSR count). The Labute approximate surface area is 176 Å². The Morgan fingerprint density at radius 2 is 1.69 bits per heavy atom. The first-order valence-corrected chi connectivity index (χ1v) is 12.2. The second-order valence-corrected chi connectivity index (χ2v) is 10.1. The Balaban J connectivity index is 1.38. The third-order valence-corrected chi connectivity index (χ3v) is 7.90. The van der Waals surface area contributed by atoms with Crippen LogP contribution < -0.4 is 11.5 Å². The number of hydrogen-bond acceptors (Lipinski definition) is 4. The summed E-state index contributed by atoms with van der Waals surface area (Å²) in [6.45, 7) is 2.08. The van der Waals surface area contributed by atoms with Gasteiger partial charge in [-0.25, -0.2) is 0 Å². The molecular weight excluding hydrogens is 360 g/mol. The van der Waals surface area contributed by atoms with Crippen molar-refractivity contribution >= 4 is 12.1 Å². The van der Waals surface area contributed by atoms with Crippen molar-refractivity contribution in [1.82, 2.24) is 4.90 Å². The van der Waals surface area contributed by atoms with E-state index in [1.807, 2.05) is 0 Å². The molecule has 3 saturated carbocycles. The monoisotopic (exact) mass is 400 g/mol. The molecule has 0 amide bonds. The lowest BCUT2D eigenvalue weighted by atomic mass is 9.73. The molecule has 4 N–H and O–H groups in total. The minimum Gasteiger partial charge on any atom is -0.401 e. The number of rotatable bonds is 7. The normalized spacial score (nSPS) is 33.5. The molecule has 162 valence electrons. The van der Waals surface area contributed by atoms with Crippen LogP contribution in [0.1, 0.15) is 83.5 Å². The average Bonchev–Trinajstić information content (AvgIpc) is 3.49. The summed E-state index contributed by atoms with van der Waals surface area (Å²) in [6, 6.07) is 0.981. The molecule has 0 spiro atoms. The van der Waals surface area contributed by atoms with Crippen molar-refractivity contribution in [3.8, 4) is 0 Å². The van der Waals surface area contributed by atoms with E-state index in [1.165, 1.54) is 64.2 Å². The number of hydrogen-bond donors (Lipinski definition) is 2. The van der Waals surface area contributed by atoms with Crippen LogP contribution in [0, 0.1) is 17.8 Å². The molecule has 0 aromatic heterocycles. The van der Waals surface area contributed by atoms with Crippen molar-refractivity contribution in [3.63, 3.8) is 0 Å². The SMILES string of the molecule is NC(=NC1CCN(C2CC2)C1)C(C=O)=C(N)C1CCCC(CC2CCCCC2)C1. The van der Waals surface area contributed by atoms with Gasteiger partial charge >= 0.3 is 0 Å². The van der Waals surface area contributed by atoms with Gasteiger partial charge in [-0.1, -0.05) is 44.9 Å². The summed E-state index contributed by atoms with van der Waals surface area (Å²) >= 11 is 0. The Bertz CT molecular complexity index is 633. The van der Waals surface area contributed by atoms with Gasteiger partial charge in [0.25, 0.3) is 0 Å². The third kappa shape index (κ3) is 5.42. The van der Waals surface area contributed by atoms with Crippen molar-refractivity contribution in [2.45, 2.75) is 95.6 Å². The van der Waals surface area contributed by atoms with Crippen LogP contribution >= 0.6 is 0 Å². The van der Waals surface area contributed by atoms with Gasteiger partial charge < -0.3 is 11.5 Å². The van der Waals surface area contributed by atoms with Crippen LogP contribution in [0.5, 0.6) is 0 Å². The van der Waals surface area contributed by atoms with E-state index in [0.717, 1.165) is 56.5 Å². The van der Waals surface area contributed by atoms with Crippen LogP contribution in [0.25, 0.3) is 0 Å². The lowest BCUT2D eigenvalue weighted by Crippen LogP contribution is -2.29. The zero-order valence-electron chi connectivity index (χ0n) is 18.0. The highest BCUT2D eigenvalue weighted by atomic mass is 16.1. The molecule has 1 aliphatic heterocycles. The lowest BCUT2D eigenvalue weighted by molar-refractivity contribution is -0.104. The quantitative estimate of drug-likeness (QED) is 0.295. The van der Waals surface area contributed by atoms with E-state index >= 15 is 0 Å². The summed E-state index contributed by atoms with van der Waals surface area (Å²) in [5.41, 5.74) is 14.0. The van der Waals surface area contributed by atoms with E-state index in [1.54, 1.807) is 0 Å². The van der Waals surface area contributed by atoms with Gasteiger partial charge in [-0.15, -0.1) is 0 Å². The van der Waals surface area contributed by atoms with E-state index in [0.29, 0.717) is 17.1 Å². The summed E-state index contributed by atoms with van der Waals surface area (Å²) in [4.78, 5) is 19.1. The van der Waals surface area contributed by atoms with E-state index in [2.05, 4.69) is 4.90 Å². The number of likely N-dealkylation sites (tertiary alicyclic amines) is 1. The number of allylic oxidation sites excluding steroid dienone is 1. The minimum atomic E-state index is 0.212. The second-order valence-electron chi connectivity index (χ2n) is 10.1. The van der Waals surface area contributed by atoms with E-state index in [-0.39, 0.29) is 12.0 Å². The smallest absolute Gasteiger partial charge is 0.155 e. The summed E-state index contributed by atoms with van der Waals surface area (Å²) in [5.74, 6) is 2.32. The largest absolute Gasteiger partial charge is 0.401 e. The molecule has 5 heteroatoms. The fourth-order valence-corrected chi connectivity index (χ4v) is 6.09. The Kier molecular flexibility index (Phi) is 6.94. The molecule has 4 fully saturated rings. The predicted molar refractivity (Wildman–Crippen MR) is 119 cm³/mol. The third-order valence-electron chi connectivity index (χ3n) is 7.90. The molecule has 0 aromatic rings. The molecule has 1 saturated heterocycles. The predicted octanol–water partition coefficient (Wildman–Crippen LogP) is 3.77. The van der Waals surface area contributed by atoms with Crippen molar-refractivity contribution in [2.75, 3.05) is 13.1 Å². The molecule has 0 aromatic carbocycles. The van der Waals surface area contributed by atoms with Gasteiger partial charge in [-0.2, -0.15) is 0 Å². The van der Waals surface area contributed by atoms with Gasteiger partial charge in [0.05, 0.1) is 11.6 Å². The topological polar surface area (TPSA) is 84.7 Å². The van der Waals surface area contributed by atoms with Crippen molar-refractivity contribution in [1.29, 1.82) is 0 Å². The number of nitrogens with zero attached hydrogens (tertiary/aromatic N) is 2. The Morgan fingerprint density at radius 1 is 0.931 bits per heavy atom. The molecule has 29 heavy (non-hydrogen) atoms. The fraction of sp³-hybridized carbons (Fsp3) is 0.833. The molecule has 3 atom stereocenters. The van der Waals surface area contributed by atoms with Gasteiger partial charge in [0, 0.05) is 24.8 Å². The number of carbonyl (C=O) groups excluding carboxylic acids is 1. The standard InChI is InChI=1S/C24H40N4O/c25-23(19-8-4-7-18(14-19)13-17-5-2-1-3-6-17)22(16-29)24(26)27-20-11-12-28(15-20)21-9-10-21/h16-21H,1-15,25H2,(H2,26,27). The zero-order valence-corrected chi connectivity index (χ0v) is 18.0. The summed E-state index contributed by atoms with van der Waals surface area (Å²) in [7, 11) is 0. The number of nitrogens with two attached hydrogens (primary N) is 2. The molecule has 3 aliphatic carbocycles. The van der Waals surface area contributed by atoms with Gasteiger partial charge in [0.15, 0.2) is 6.29 Å². The first-order chi connectivity index (χ1) is 14.1. The Hall–Kier alpha value is -1.36. The van der Waals surface area contributed by atoms with Crippen LogP contribution in [-0.4, -0.2) is 42.2 Å². The number of carbonyl (C=O) groups is 1. The number of aldehydes is 1. The average molecular weight is 401 g/mol. The molecule has 0 bridgehead atoms. The van der Waals surface area contributed by atoms with Gasteiger partial charge in [0.1, 0.15) is 5.84 Å². The van der Waals surface area contributed by atoms with Gasteiger partial charge in [-0.3, -0.25) is 14.7 Å². The van der Waals surface area contributed by atoms with Crippen molar-refractivity contribution in [3.05, 3.63) is 11.3 Å². The molecule has 3 unspecified atom stereocenters. The van der Waals surface area contributed by atoms with Crippen LogP contribution in [-0.2, 0) is 4.79 Å². The fourth-order valence-electron chi connectivity index (χ4n) is 6.09. The maximum Gasteiger partial charge on any atom is 0.155 e. The maximum atomic E-state index is 11.9. The van der Waals surface area contributed by atoms with E-state index < -0.39 is 0 Å². The first-order valence-electron chi connectivity index (χ1n) is 12.2. The molecule has 5 nitrogen and oxygen atoms in total. The van der Waals surface area contributed by atoms with Crippen LogP contribution in [0.3, 0.4) is 0 Å². The lowest BCUT2D eigenvalue weighted by Gasteiger charge is -2.33. The summed E-state index contributed by atoms with van der Waals surface area (Å²) in [6.07, 6.45) is 17.7. The van der Waals surface area contributed by atoms with Gasteiger partial charge in [-0.05, 0) is 56.3 Å². The number of aliphatic imine (C=N–C) groups is 1.